The number of nitrogens with zero attached hydrogens (tertiary/aromatic N) is 4. The predicted molar refractivity (Wildman–Crippen MR) is 136 cm³/mol. The molecular weight excluding hydrogens is 478 g/mol. The Hall–Kier alpha value is -3.57. The topological polar surface area (TPSA) is 109 Å². The third-order valence-corrected chi connectivity index (χ3v) is 6.43. The first-order chi connectivity index (χ1) is 18.0. The van der Waals surface area contributed by atoms with Gasteiger partial charge in [-0.1, -0.05) is 0 Å². The van der Waals surface area contributed by atoms with Gasteiger partial charge in [-0.05, 0) is 31.5 Å². The van der Waals surface area contributed by atoms with E-state index >= 15 is 0 Å². The Morgan fingerprint density at radius 1 is 1.22 bits per heavy atom. The van der Waals surface area contributed by atoms with Gasteiger partial charge < -0.3 is 33.9 Å². The Morgan fingerprint density at radius 3 is 2.86 bits per heavy atom. The number of aromatic nitrogens is 3. The molecule has 11 nitrogen and oxygen atoms in total. The molecule has 1 aromatic carbocycles. The Bertz CT molecular complexity index is 1260. The number of hydrogen-bond acceptors (Lipinski definition) is 9. The van der Waals surface area contributed by atoms with Crippen LogP contribution in [-0.4, -0.2) is 90.8 Å². The van der Waals surface area contributed by atoms with E-state index in [-0.39, 0.29) is 24.7 Å². The molecule has 3 aromatic rings. The number of fused-ring (bicyclic) bond motifs is 5. The lowest BCUT2D eigenvalue weighted by Crippen LogP contribution is -2.41. The van der Waals surface area contributed by atoms with Crippen molar-refractivity contribution in [2.45, 2.75) is 38.5 Å². The molecule has 1 saturated heterocycles. The summed E-state index contributed by atoms with van der Waals surface area (Å²) >= 11 is 0. The number of carbonyl (C=O) groups is 1. The fourth-order valence-electron chi connectivity index (χ4n) is 4.70. The molecule has 11 heteroatoms. The van der Waals surface area contributed by atoms with Gasteiger partial charge in [-0.25, -0.2) is 4.52 Å². The van der Waals surface area contributed by atoms with E-state index in [2.05, 4.69) is 10.4 Å². The van der Waals surface area contributed by atoms with Crippen molar-refractivity contribution in [3.8, 4) is 28.5 Å². The smallest absolute Gasteiger partial charge is 0.260 e. The average molecular weight is 512 g/mol. The number of nitrogens with one attached hydrogen (secondary N) is 1. The molecule has 5 rings (SSSR count). The second-order valence-electron chi connectivity index (χ2n) is 9.36. The summed E-state index contributed by atoms with van der Waals surface area (Å²) in [4.78, 5) is 19.9. The molecule has 0 radical (unpaired) electrons. The van der Waals surface area contributed by atoms with Crippen LogP contribution in [0.1, 0.15) is 20.3 Å². The van der Waals surface area contributed by atoms with Crippen LogP contribution in [0.5, 0.6) is 17.4 Å². The van der Waals surface area contributed by atoms with Crippen molar-refractivity contribution in [2.24, 2.45) is 0 Å². The summed E-state index contributed by atoms with van der Waals surface area (Å²) < 4.78 is 30.4. The lowest BCUT2D eigenvalue weighted by Gasteiger charge is -2.25. The molecule has 1 amide bonds. The van der Waals surface area contributed by atoms with E-state index in [1.807, 2.05) is 36.9 Å². The fourth-order valence-corrected chi connectivity index (χ4v) is 4.70. The van der Waals surface area contributed by atoms with Crippen molar-refractivity contribution >= 4 is 17.2 Å². The number of rotatable bonds is 7. The van der Waals surface area contributed by atoms with Gasteiger partial charge in [0.1, 0.15) is 18.5 Å². The average Bonchev–Trinajstić information content (AvgIpc) is 3.42. The molecular formula is C26H33N5O6. The minimum Gasteiger partial charge on any atom is -0.497 e. The molecule has 2 aliphatic rings. The van der Waals surface area contributed by atoms with Crippen LogP contribution in [0, 0.1) is 0 Å². The highest BCUT2D eigenvalue weighted by Crippen LogP contribution is 2.35. The van der Waals surface area contributed by atoms with Crippen LogP contribution >= 0.6 is 0 Å². The van der Waals surface area contributed by atoms with E-state index in [1.54, 1.807) is 31.1 Å². The maximum Gasteiger partial charge on any atom is 0.260 e. The van der Waals surface area contributed by atoms with Crippen LogP contribution in [0.4, 0.5) is 5.69 Å². The van der Waals surface area contributed by atoms with Gasteiger partial charge in [0, 0.05) is 43.9 Å². The molecule has 1 fully saturated rings. The molecule has 0 spiro atoms. The zero-order valence-corrected chi connectivity index (χ0v) is 21.6. The van der Waals surface area contributed by atoms with E-state index < -0.39 is 6.10 Å². The van der Waals surface area contributed by atoms with Gasteiger partial charge in [-0.2, -0.15) is 10.1 Å². The largest absolute Gasteiger partial charge is 0.497 e. The predicted octanol–water partition coefficient (Wildman–Crippen LogP) is 2.63. The first kappa shape index (κ1) is 25.1. The molecule has 0 aliphatic carbocycles. The highest BCUT2D eigenvalue weighted by Gasteiger charge is 2.40. The maximum atomic E-state index is 13.2. The second kappa shape index (κ2) is 10.8. The van der Waals surface area contributed by atoms with E-state index in [0.717, 1.165) is 16.8 Å². The summed E-state index contributed by atoms with van der Waals surface area (Å²) in [6, 6.07) is 5.71. The molecule has 2 atom stereocenters. The number of carbonyl (C=O) groups excluding carboxylic acids is 1. The number of ether oxygens (including phenoxy) is 5. The zero-order chi connectivity index (χ0) is 25.9. The molecule has 4 heterocycles. The van der Waals surface area contributed by atoms with Crippen molar-refractivity contribution in [3.05, 3.63) is 30.6 Å². The minimum absolute atomic E-state index is 0.0509. The molecule has 1 N–H and O–H groups in total. The number of hydrogen-bond donors (Lipinski definition) is 1. The van der Waals surface area contributed by atoms with Crippen molar-refractivity contribution in [2.75, 3.05) is 52.4 Å². The van der Waals surface area contributed by atoms with Crippen molar-refractivity contribution in [1.29, 1.82) is 0 Å². The monoisotopic (exact) mass is 511 g/mol. The van der Waals surface area contributed by atoms with Crippen molar-refractivity contribution in [3.63, 3.8) is 0 Å². The highest BCUT2D eigenvalue weighted by molar-refractivity contribution is 5.84. The summed E-state index contributed by atoms with van der Waals surface area (Å²) in [6.45, 7) is 5.97. The van der Waals surface area contributed by atoms with Crippen molar-refractivity contribution < 1.29 is 28.5 Å². The Labute approximate surface area is 215 Å². The maximum absolute atomic E-state index is 13.2. The molecule has 4 bridgehead atoms. The molecule has 2 aliphatic heterocycles. The number of benzene rings is 1. The van der Waals surface area contributed by atoms with Gasteiger partial charge >= 0.3 is 0 Å². The fraction of sp³-hybridized carbons (Fsp3) is 0.500. The lowest BCUT2D eigenvalue weighted by molar-refractivity contribution is -0.138. The zero-order valence-electron chi connectivity index (χ0n) is 21.6. The first-order valence-corrected chi connectivity index (χ1v) is 12.5. The number of anilines is 1. The Balaban J connectivity index is 1.55. The summed E-state index contributed by atoms with van der Waals surface area (Å²) in [7, 11) is 3.24. The minimum atomic E-state index is -0.536. The number of amides is 1. The van der Waals surface area contributed by atoms with Crippen LogP contribution in [0.15, 0.2) is 30.6 Å². The van der Waals surface area contributed by atoms with Gasteiger partial charge in [0.15, 0.2) is 11.4 Å². The summed E-state index contributed by atoms with van der Waals surface area (Å²) in [5.74, 6) is 1.49. The molecule has 37 heavy (non-hydrogen) atoms. The molecule has 0 unspecified atom stereocenters. The van der Waals surface area contributed by atoms with Crippen LogP contribution in [0.3, 0.4) is 0 Å². The van der Waals surface area contributed by atoms with E-state index in [4.69, 9.17) is 28.7 Å². The SMILES string of the molecule is COCCO[C@@H]1C[C@H]2COc3nc4c(cnn4cc3OC(C)C)-c3cc(cc(OC)c3)NCCN2C1=O. The van der Waals surface area contributed by atoms with Gasteiger partial charge in [-0.15, -0.1) is 0 Å². The third-order valence-electron chi connectivity index (χ3n) is 6.43. The van der Waals surface area contributed by atoms with Gasteiger partial charge in [-0.3, -0.25) is 4.79 Å². The lowest BCUT2D eigenvalue weighted by atomic mass is 10.1. The van der Waals surface area contributed by atoms with Crippen LogP contribution in [0.25, 0.3) is 16.8 Å². The summed E-state index contributed by atoms with van der Waals surface area (Å²) in [5, 5.41) is 7.95. The van der Waals surface area contributed by atoms with Crippen molar-refractivity contribution in [1.82, 2.24) is 19.5 Å². The van der Waals surface area contributed by atoms with Gasteiger partial charge in [0.2, 0.25) is 0 Å². The molecule has 0 saturated carbocycles. The van der Waals surface area contributed by atoms with Crippen LogP contribution in [0.2, 0.25) is 0 Å². The molecule has 2 aromatic heterocycles. The standard InChI is InChI=1S/C26H33N5O6/c1-16(2)37-23-14-31-24-21(13-28-31)17-9-18(11-20(10-17)34-4)27-5-6-30-19(15-36-25(23)29-24)12-22(26(30)32)35-8-7-33-3/h9-11,13-14,16,19,22,27H,5-8,12,15H2,1-4H3/t19-,22+/m0/s1. The van der Waals surface area contributed by atoms with E-state index in [0.29, 0.717) is 55.8 Å². The Morgan fingerprint density at radius 2 is 2.08 bits per heavy atom. The van der Waals surface area contributed by atoms with Crippen LogP contribution < -0.4 is 19.5 Å². The van der Waals surface area contributed by atoms with E-state index in [9.17, 15) is 4.79 Å². The summed E-state index contributed by atoms with van der Waals surface area (Å²) in [5.41, 5.74) is 3.23. The first-order valence-electron chi connectivity index (χ1n) is 12.5. The second-order valence-corrected chi connectivity index (χ2v) is 9.36. The summed E-state index contributed by atoms with van der Waals surface area (Å²) in [6.07, 6.45) is 3.45. The van der Waals surface area contributed by atoms with Gasteiger partial charge in [0.25, 0.3) is 11.8 Å². The Kier molecular flexibility index (Phi) is 7.33. The highest BCUT2D eigenvalue weighted by atomic mass is 16.5. The molecule has 198 valence electrons. The number of methoxy groups -OCH3 is 2. The third kappa shape index (κ3) is 5.28. The normalized spacial score (nSPS) is 19.5. The van der Waals surface area contributed by atoms with Gasteiger partial charge in [0.05, 0.1) is 44.9 Å². The van der Waals surface area contributed by atoms with Crippen LogP contribution in [-0.2, 0) is 14.3 Å². The quantitative estimate of drug-likeness (QED) is 0.479. The van der Waals surface area contributed by atoms with E-state index in [1.165, 1.54) is 0 Å².